The molecule has 3 unspecified atom stereocenters. The van der Waals surface area contributed by atoms with E-state index in [-0.39, 0.29) is 10.8 Å². The fourth-order valence-corrected chi connectivity index (χ4v) is 6.14. The standard InChI is InChI=1S/C29H37ClF3N3O2/c1-3-5-19-12-13-38-16-20(19)15-21(37)10-8-18-9-11-25-24(14-18)28(36-29(30)35-25)34-17(2)22-6-4-7-23(26(22)31)27(32)33/h4,6-7,17-20,27H,3,5,8-16H2,1-2H3,(H,34,35,36)/t17-,18?,19?,20?/m1/s1. The fraction of sp³-hybridized carbons (Fsp3) is 0.621. The van der Waals surface area contributed by atoms with Crippen LogP contribution in [-0.4, -0.2) is 29.0 Å². The molecule has 2 aromatic rings. The van der Waals surface area contributed by atoms with Crippen molar-refractivity contribution in [3.8, 4) is 0 Å². The number of halogens is 4. The zero-order valence-corrected chi connectivity index (χ0v) is 22.9. The summed E-state index contributed by atoms with van der Waals surface area (Å²) in [5.74, 6) is 1.05. The molecule has 1 aromatic carbocycles. The second-order valence-electron chi connectivity index (χ2n) is 10.7. The predicted molar refractivity (Wildman–Crippen MR) is 142 cm³/mol. The molecule has 4 rings (SSSR count). The van der Waals surface area contributed by atoms with Crippen LogP contribution in [-0.2, 0) is 22.4 Å². The van der Waals surface area contributed by atoms with E-state index in [1.807, 2.05) is 0 Å². The van der Waals surface area contributed by atoms with Gasteiger partial charge >= 0.3 is 0 Å². The molecule has 1 N–H and O–H groups in total. The third-order valence-corrected chi connectivity index (χ3v) is 8.24. The van der Waals surface area contributed by atoms with Gasteiger partial charge in [0.2, 0.25) is 5.28 Å². The molecule has 1 saturated heterocycles. The van der Waals surface area contributed by atoms with Crippen molar-refractivity contribution in [2.24, 2.45) is 17.8 Å². The maximum atomic E-state index is 14.7. The Morgan fingerprint density at radius 1 is 1.18 bits per heavy atom. The number of rotatable bonds is 11. The lowest BCUT2D eigenvalue weighted by Crippen LogP contribution is -2.29. The van der Waals surface area contributed by atoms with Crippen molar-refractivity contribution in [3.05, 3.63) is 51.7 Å². The molecule has 1 aliphatic carbocycles. The molecule has 0 saturated carbocycles. The third-order valence-electron chi connectivity index (χ3n) is 8.07. The summed E-state index contributed by atoms with van der Waals surface area (Å²) in [7, 11) is 0. The smallest absolute Gasteiger partial charge is 0.266 e. The van der Waals surface area contributed by atoms with Gasteiger partial charge in [0, 0.05) is 30.6 Å². The Morgan fingerprint density at radius 3 is 2.74 bits per heavy atom. The number of fused-ring (bicyclic) bond motifs is 1. The molecular weight excluding hydrogens is 515 g/mol. The number of Topliss-reactive ketones (excluding diaryl/α,β-unsaturated/α-hetero) is 1. The van der Waals surface area contributed by atoms with Crippen molar-refractivity contribution in [2.45, 2.75) is 84.1 Å². The minimum absolute atomic E-state index is 0.0882. The number of hydrogen-bond acceptors (Lipinski definition) is 5. The molecule has 1 aromatic heterocycles. The highest BCUT2D eigenvalue weighted by atomic mass is 35.5. The summed E-state index contributed by atoms with van der Waals surface area (Å²) in [6.45, 7) is 5.37. The second-order valence-corrected chi connectivity index (χ2v) is 11.1. The Kier molecular flexibility index (Phi) is 10.0. The van der Waals surface area contributed by atoms with Crippen LogP contribution in [0.25, 0.3) is 0 Å². The van der Waals surface area contributed by atoms with Gasteiger partial charge in [0.05, 0.1) is 23.9 Å². The lowest BCUT2D eigenvalue weighted by atomic mass is 9.80. The van der Waals surface area contributed by atoms with Crippen molar-refractivity contribution in [1.82, 2.24) is 9.97 Å². The summed E-state index contributed by atoms with van der Waals surface area (Å²) < 4.78 is 46.8. The van der Waals surface area contributed by atoms with Gasteiger partial charge in [-0.15, -0.1) is 0 Å². The molecule has 1 fully saturated rings. The summed E-state index contributed by atoms with van der Waals surface area (Å²) in [4.78, 5) is 21.6. The van der Waals surface area contributed by atoms with Crippen LogP contribution in [0.1, 0.15) is 93.6 Å². The van der Waals surface area contributed by atoms with Crippen LogP contribution in [0.4, 0.5) is 19.0 Å². The first kappa shape index (κ1) is 28.8. The summed E-state index contributed by atoms with van der Waals surface area (Å²) in [5.41, 5.74) is 1.26. The van der Waals surface area contributed by atoms with Gasteiger partial charge in [-0.3, -0.25) is 4.79 Å². The molecule has 0 spiro atoms. The van der Waals surface area contributed by atoms with Crippen LogP contribution in [0.15, 0.2) is 18.2 Å². The van der Waals surface area contributed by atoms with E-state index in [9.17, 15) is 18.0 Å². The van der Waals surface area contributed by atoms with Gasteiger partial charge in [0.1, 0.15) is 17.4 Å². The first-order valence-electron chi connectivity index (χ1n) is 13.7. The monoisotopic (exact) mass is 551 g/mol. The lowest BCUT2D eigenvalue weighted by molar-refractivity contribution is -0.122. The summed E-state index contributed by atoms with van der Waals surface area (Å²) >= 11 is 6.18. The Hall–Kier alpha value is -2.19. The van der Waals surface area contributed by atoms with Crippen LogP contribution in [0.5, 0.6) is 0 Å². The Morgan fingerprint density at radius 2 is 1.97 bits per heavy atom. The van der Waals surface area contributed by atoms with E-state index in [1.54, 1.807) is 6.92 Å². The Bertz CT molecular complexity index is 1110. The van der Waals surface area contributed by atoms with Crippen LogP contribution in [0.2, 0.25) is 5.28 Å². The molecule has 208 valence electrons. The molecule has 0 amide bonds. The summed E-state index contributed by atoms with van der Waals surface area (Å²) in [5, 5.41) is 3.28. The van der Waals surface area contributed by atoms with Gasteiger partial charge in [0.15, 0.2) is 0 Å². The van der Waals surface area contributed by atoms with Crippen LogP contribution in [0, 0.1) is 23.6 Å². The number of alkyl halides is 2. The summed E-state index contributed by atoms with van der Waals surface area (Å²) in [6, 6.07) is 3.40. The van der Waals surface area contributed by atoms with Gasteiger partial charge in [0.25, 0.3) is 6.43 Å². The molecular formula is C29H37ClF3N3O2. The number of anilines is 1. The number of hydrogen-bond donors (Lipinski definition) is 1. The van der Waals surface area contributed by atoms with Crippen LogP contribution < -0.4 is 5.32 Å². The molecule has 0 bridgehead atoms. The number of carbonyl (C=O) groups excluding carboxylic acids is 1. The number of benzene rings is 1. The molecule has 38 heavy (non-hydrogen) atoms. The number of carbonyl (C=O) groups is 1. The minimum Gasteiger partial charge on any atom is -0.381 e. The molecule has 1 aliphatic heterocycles. The van der Waals surface area contributed by atoms with E-state index < -0.39 is 23.8 Å². The number of aryl methyl sites for hydroxylation is 1. The number of nitrogens with one attached hydrogen (secondary N) is 1. The normalized spacial score (nSPS) is 22.2. The van der Waals surface area contributed by atoms with Gasteiger partial charge in [-0.25, -0.2) is 23.1 Å². The number of ketones is 1. The Balaban J connectivity index is 1.40. The van der Waals surface area contributed by atoms with Crippen LogP contribution in [0.3, 0.4) is 0 Å². The highest BCUT2D eigenvalue weighted by molar-refractivity contribution is 6.28. The number of ether oxygens (including phenoxy) is 1. The molecule has 0 radical (unpaired) electrons. The highest BCUT2D eigenvalue weighted by Crippen LogP contribution is 2.35. The predicted octanol–water partition coefficient (Wildman–Crippen LogP) is 7.68. The van der Waals surface area contributed by atoms with Crippen LogP contribution >= 0.6 is 11.6 Å². The van der Waals surface area contributed by atoms with E-state index in [2.05, 4.69) is 22.2 Å². The lowest BCUT2D eigenvalue weighted by Gasteiger charge is -2.31. The SMILES string of the molecule is CCCC1CCOCC1CC(=O)CCC1CCc2nc(Cl)nc(N[C@H](C)c3cccc(C(F)F)c3F)c2C1. The van der Waals surface area contributed by atoms with Crippen molar-refractivity contribution in [3.63, 3.8) is 0 Å². The average molecular weight is 552 g/mol. The van der Waals surface area contributed by atoms with Crippen molar-refractivity contribution >= 4 is 23.2 Å². The summed E-state index contributed by atoms with van der Waals surface area (Å²) in [6.07, 6.45) is 4.62. The van der Waals surface area contributed by atoms with E-state index in [0.717, 1.165) is 56.0 Å². The third kappa shape index (κ3) is 7.06. The van der Waals surface area contributed by atoms with Gasteiger partial charge in [-0.1, -0.05) is 38.0 Å². The molecule has 4 atom stereocenters. The fourth-order valence-electron chi connectivity index (χ4n) is 5.95. The number of aromatic nitrogens is 2. The van der Waals surface area contributed by atoms with Crippen molar-refractivity contribution in [1.29, 1.82) is 0 Å². The van der Waals surface area contributed by atoms with E-state index in [0.29, 0.717) is 61.6 Å². The van der Waals surface area contributed by atoms with Gasteiger partial charge in [-0.2, -0.15) is 0 Å². The largest absolute Gasteiger partial charge is 0.381 e. The zero-order chi connectivity index (χ0) is 27.2. The molecule has 9 heteroatoms. The number of nitrogens with zero attached hydrogens (tertiary/aromatic N) is 2. The first-order chi connectivity index (χ1) is 18.3. The minimum atomic E-state index is -2.89. The second kappa shape index (κ2) is 13.2. The van der Waals surface area contributed by atoms with Crippen molar-refractivity contribution < 1.29 is 22.7 Å². The zero-order valence-electron chi connectivity index (χ0n) is 22.1. The van der Waals surface area contributed by atoms with Gasteiger partial charge < -0.3 is 10.1 Å². The molecule has 5 nitrogen and oxygen atoms in total. The molecule has 2 heterocycles. The first-order valence-corrected chi connectivity index (χ1v) is 14.1. The average Bonchev–Trinajstić information content (AvgIpc) is 2.88. The highest BCUT2D eigenvalue weighted by Gasteiger charge is 2.29. The Labute approximate surface area is 227 Å². The topological polar surface area (TPSA) is 64.1 Å². The van der Waals surface area contributed by atoms with E-state index >= 15 is 0 Å². The van der Waals surface area contributed by atoms with Gasteiger partial charge in [-0.05, 0) is 68.4 Å². The maximum Gasteiger partial charge on any atom is 0.266 e. The van der Waals surface area contributed by atoms with E-state index in [1.165, 1.54) is 12.1 Å². The maximum absolute atomic E-state index is 14.7. The van der Waals surface area contributed by atoms with E-state index in [4.69, 9.17) is 16.3 Å². The molecule has 2 aliphatic rings. The quantitative estimate of drug-likeness (QED) is 0.290. The van der Waals surface area contributed by atoms with Crippen molar-refractivity contribution in [2.75, 3.05) is 18.5 Å².